The van der Waals surface area contributed by atoms with E-state index in [2.05, 4.69) is 0 Å². The van der Waals surface area contributed by atoms with Gasteiger partial charge in [-0.15, -0.1) is 0 Å². The lowest BCUT2D eigenvalue weighted by atomic mass is 10.1. The van der Waals surface area contributed by atoms with Crippen molar-refractivity contribution >= 4 is 17.8 Å². The fourth-order valence-electron chi connectivity index (χ4n) is 2.31. The molecule has 0 aromatic heterocycles. The second-order valence-corrected chi connectivity index (χ2v) is 5.73. The van der Waals surface area contributed by atoms with Gasteiger partial charge in [0.25, 0.3) is 0 Å². The zero-order valence-electron chi connectivity index (χ0n) is 11.6. The largest absolute Gasteiger partial charge is 0.480 e. The third-order valence-electron chi connectivity index (χ3n) is 3.86. The number of rotatable bonds is 8. The van der Waals surface area contributed by atoms with Crippen LogP contribution in [0.25, 0.3) is 0 Å². The molecule has 1 atom stereocenters. The lowest BCUT2D eigenvalue weighted by Crippen LogP contribution is -2.50. The summed E-state index contributed by atoms with van der Waals surface area (Å²) >= 11 is 0. The normalized spacial score (nSPS) is 19.4. The Labute approximate surface area is 118 Å². The van der Waals surface area contributed by atoms with Crippen LogP contribution in [0, 0.1) is 11.8 Å². The van der Waals surface area contributed by atoms with Crippen LogP contribution in [0.3, 0.4) is 0 Å². The molecular formula is C14H22N2O4. The quantitative estimate of drug-likeness (QED) is 0.505. The summed E-state index contributed by atoms with van der Waals surface area (Å²) in [6.07, 6.45) is 4.67. The van der Waals surface area contributed by atoms with Crippen LogP contribution in [0.2, 0.25) is 0 Å². The number of hydrogen-bond donors (Lipinski definition) is 2. The zero-order valence-corrected chi connectivity index (χ0v) is 11.6. The van der Waals surface area contributed by atoms with Gasteiger partial charge >= 0.3 is 5.97 Å². The standard InChI is InChI=1S/C14H22N2O4/c15-8-2-1-3-11(14(19)20)16(12(17)9-4-5-9)13(18)10-6-7-10/h9-11H,1-8,15H2,(H,19,20). The Morgan fingerprint density at radius 3 is 1.90 bits per heavy atom. The van der Waals surface area contributed by atoms with E-state index in [0.717, 1.165) is 30.6 Å². The summed E-state index contributed by atoms with van der Waals surface area (Å²) in [5, 5.41) is 9.37. The molecule has 0 aromatic carbocycles. The molecule has 0 aromatic rings. The van der Waals surface area contributed by atoms with Crippen LogP contribution >= 0.6 is 0 Å². The molecule has 2 fully saturated rings. The van der Waals surface area contributed by atoms with E-state index in [-0.39, 0.29) is 23.7 Å². The van der Waals surface area contributed by atoms with Gasteiger partial charge in [-0.2, -0.15) is 0 Å². The van der Waals surface area contributed by atoms with Crippen LogP contribution in [-0.2, 0) is 14.4 Å². The first kappa shape index (κ1) is 15.0. The van der Waals surface area contributed by atoms with Crippen molar-refractivity contribution in [2.45, 2.75) is 51.0 Å². The van der Waals surface area contributed by atoms with Gasteiger partial charge < -0.3 is 10.8 Å². The number of carbonyl (C=O) groups excluding carboxylic acids is 2. The number of hydrogen-bond acceptors (Lipinski definition) is 4. The van der Waals surface area contributed by atoms with Gasteiger partial charge in [-0.1, -0.05) is 0 Å². The van der Waals surface area contributed by atoms with Crippen molar-refractivity contribution in [2.75, 3.05) is 6.54 Å². The van der Waals surface area contributed by atoms with Crippen molar-refractivity contribution in [3.8, 4) is 0 Å². The van der Waals surface area contributed by atoms with E-state index in [0.29, 0.717) is 25.8 Å². The number of amides is 2. The maximum absolute atomic E-state index is 12.3. The average molecular weight is 282 g/mol. The van der Waals surface area contributed by atoms with Gasteiger partial charge in [-0.3, -0.25) is 14.5 Å². The Morgan fingerprint density at radius 1 is 1.05 bits per heavy atom. The molecule has 2 aliphatic carbocycles. The molecule has 0 radical (unpaired) electrons. The SMILES string of the molecule is NCCCCC(C(=O)O)N(C(=O)C1CC1)C(=O)C1CC1. The Bertz CT molecular complexity index is 378. The molecule has 0 saturated heterocycles. The van der Waals surface area contributed by atoms with E-state index < -0.39 is 12.0 Å². The highest BCUT2D eigenvalue weighted by atomic mass is 16.4. The van der Waals surface area contributed by atoms with Crippen molar-refractivity contribution in [3.05, 3.63) is 0 Å². The molecule has 2 rings (SSSR count). The van der Waals surface area contributed by atoms with E-state index >= 15 is 0 Å². The fraction of sp³-hybridized carbons (Fsp3) is 0.786. The van der Waals surface area contributed by atoms with Gasteiger partial charge in [0.2, 0.25) is 11.8 Å². The Balaban J connectivity index is 2.09. The molecule has 0 heterocycles. The number of imide groups is 1. The van der Waals surface area contributed by atoms with Gasteiger partial charge in [-0.25, -0.2) is 4.79 Å². The minimum absolute atomic E-state index is 0.144. The van der Waals surface area contributed by atoms with Gasteiger partial charge in [0.05, 0.1) is 0 Å². The molecule has 6 heteroatoms. The summed E-state index contributed by atoms with van der Waals surface area (Å²) in [4.78, 5) is 37.1. The van der Waals surface area contributed by atoms with E-state index in [9.17, 15) is 19.5 Å². The summed E-state index contributed by atoms with van der Waals surface area (Å²) < 4.78 is 0. The molecule has 0 spiro atoms. The highest BCUT2D eigenvalue weighted by Gasteiger charge is 2.45. The van der Waals surface area contributed by atoms with Crippen LogP contribution in [-0.4, -0.2) is 40.4 Å². The minimum atomic E-state index is -1.09. The Hall–Kier alpha value is -1.43. The van der Waals surface area contributed by atoms with Crippen molar-refractivity contribution in [1.82, 2.24) is 4.90 Å². The van der Waals surface area contributed by atoms with Gasteiger partial charge in [-0.05, 0) is 51.5 Å². The van der Waals surface area contributed by atoms with Crippen molar-refractivity contribution in [3.63, 3.8) is 0 Å². The summed E-state index contributed by atoms with van der Waals surface area (Å²) in [7, 11) is 0. The smallest absolute Gasteiger partial charge is 0.326 e. The molecule has 3 N–H and O–H groups in total. The van der Waals surface area contributed by atoms with Crippen molar-refractivity contribution in [1.29, 1.82) is 0 Å². The molecular weight excluding hydrogens is 260 g/mol. The molecule has 2 amide bonds. The summed E-state index contributed by atoms with van der Waals surface area (Å²) in [6, 6.07) is -1.03. The number of nitrogens with two attached hydrogens (primary N) is 1. The number of unbranched alkanes of at least 4 members (excludes halogenated alkanes) is 1. The first-order valence-corrected chi connectivity index (χ1v) is 7.36. The van der Waals surface area contributed by atoms with E-state index in [1.165, 1.54) is 0 Å². The number of carboxylic acids is 1. The first-order valence-electron chi connectivity index (χ1n) is 7.36. The number of aliphatic carboxylic acids is 1. The minimum Gasteiger partial charge on any atom is -0.480 e. The molecule has 6 nitrogen and oxygen atoms in total. The van der Waals surface area contributed by atoms with E-state index in [1.807, 2.05) is 0 Å². The van der Waals surface area contributed by atoms with Crippen LogP contribution in [0.1, 0.15) is 44.9 Å². The predicted molar refractivity (Wildman–Crippen MR) is 71.6 cm³/mol. The third kappa shape index (κ3) is 3.56. The number of carboxylic acid groups (broad SMARTS) is 1. The van der Waals surface area contributed by atoms with Crippen molar-refractivity contribution in [2.24, 2.45) is 17.6 Å². The van der Waals surface area contributed by atoms with Crippen LogP contribution in [0.15, 0.2) is 0 Å². The summed E-state index contributed by atoms with van der Waals surface area (Å²) in [6.45, 7) is 0.486. The fourth-order valence-corrected chi connectivity index (χ4v) is 2.31. The monoisotopic (exact) mass is 282 g/mol. The molecule has 112 valence electrons. The highest BCUT2D eigenvalue weighted by molar-refractivity contribution is 6.02. The molecule has 0 bridgehead atoms. The molecule has 1 unspecified atom stereocenters. The topological polar surface area (TPSA) is 101 Å². The van der Waals surface area contributed by atoms with Crippen molar-refractivity contribution < 1.29 is 19.5 Å². The van der Waals surface area contributed by atoms with Crippen LogP contribution in [0.5, 0.6) is 0 Å². The predicted octanol–water partition coefficient (Wildman–Crippen LogP) is 0.744. The Morgan fingerprint density at radius 2 is 1.55 bits per heavy atom. The number of carbonyl (C=O) groups is 3. The Kier molecular flexibility index (Phi) is 4.75. The van der Waals surface area contributed by atoms with E-state index in [1.54, 1.807) is 0 Å². The first-order chi connectivity index (χ1) is 9.56. The summed E-state index contributed by atoms with van der Waals surface area (Å²) in [5.41, 5.74) is 5.41. The maximum atomic E-state index is 12.3. The second kappa shape index (κ2) is 6.35. The average Bonchev–Trinajstić information content (AvgIpc) is 3.30. The van der Waals surface area contributed by atoms with Gasteiger partial charge in [0.1, 0.15) is 6.04 Å². The molecule has 2 saturated carbocycles. The molecule has 20 heavy (non-hydrogen) atoms. The van der Waals surface area contributed by atoms with E-state index in [4.69, 9.17) is 5.73 Å². The second-order valence-electron chi connectivity index (χ2n) is 5.73. The molecule has 2 aliphatic rings. The van der Waals surface area contributed by atoms with Gasteiger partial charge in [0.15, 0.2) is 0 Å². The van der Waals surface area contributed by atoms with Crippen LogP contribution in [0.4, 0.5) is 0 Å². The zero-order chi connectivity index (χ0) is 14.7. The maximum Gasteiger partial charge on any atom is 0.326 e. The lowest BCUT2D eigenvalue weighted by molar-refractivity contribution is -0.159. The van der Waals surface area contributed by atoms with Crippen LogP contribution < -0.4 is 5.73 Å². The lowest BCUT2D eigenvalue weighted by Gasteiger charge is -2.27. The van der Waals surface area contributed by atoms with Gasteiger partial charge in [0, 0.05) is 11.8 Å². The number of nitrogens with zero attached hydrogens (tertiary/aromatic N) is 1. The highest BCUT2D eigenvalue weighted by Crippen LogP contribution is 2.36. The third-order valence-corrected chi connectivity index (χ3v) is 3.86. The molecule has 0 aliphatic heterocycles. The summed E-state index contributed by atoms with van der Waals surface area (Å²) in [5.74, 6) is -1.96.